The molecule has 41 heavy (non-hydrogen) atoms. The Balaban J connectivity index is 1.13. The van der Waals surface area contributed by atoms with Gasteiger partial charge in [0, 0.05) is 6.54 Å². The predicted molar refractivity (Wildman–Crippen MR) is 155 cm³/mol. The molecule has 1 aromatic carbocycles. The fourth-order valence-electron chi connectivity index (χ4n) is 12.2. The van der Waals surface area contributed by atoms with Crippen LogP contribution < -0.4 is 11.1 Å². The molecule has 13 unspecified atom stereocenters. The molecule has 6 aliphatic rings. The standard InChI is InChI=1S/C34H50N2O5/c1-19-16-21(26(38)29(40)36-17-20-8-6-5-7-9-20)41-27-25(19)31(4)14-15-33-18-32(33)13-12-24(37)30(2,3)22(32)10-11-23(33)34(31,35)28(27)39/h5-9,19,21-28,37-39H,10-18,35H2,1-4H3,(H,36,40). The summed E-state index contributed by atoms with van der Waals surface area (Å²) in [7, 11) is 0. The second kappa shape index (κ2) is 9.01. The summed E-state index contributed by atoms with van der Waals surface area (Å²) in [5, 5.41) is 37.1. The highest BCUT2D eigenvalue weighted by atomic mass is 16.5. The molecule has 1 heterocycles. The highest BCUT2D eigenvalue weighted by molar-refractivity contribution is 5.81. The minimum Gasteiger partial charge on any atom is -0.393 e. The van der Waals surface area contributed by atoms with Crippen LogP contribution in [0.1, 0.15) is 84.6 Å². The van der Waals surface area contributed by atoms with Gasteiger partial charge in [-0.05, 0) is 102 Å². The fraction of sp³-hybridized carbons (Fsp3) is 0.794. The van der Waals surface area contributed by atoms with Crippen molar-refractivity contribution in [2.24, 2.45) is 51.1 Å². The van der Waals surface area contributed by atoms with E-state index in [1.807, 2.05) is 30.3 Å². The summed E-state index contributed by atoms with van der Waals surface area (Å²) in [6.45, 7) is 9.36. The lowest BCUT2D eigenvalue weighted by Gasteiger charge is -2.63. The lowest BCUT2D eigenvalue weighted by atomic mass is 9.43. The Kier molecular flexibility index (Phi) is 6.21. The molecule has 1 saturated heterocycles. The van der Waals surface area contributed by atoms with E-state index in [-0.39, 0.29) is 45.5 Å². The number of carbonyl (C=O) groups excluding carboxylic acids is 1. The molecule has 1 aliphatic heterocycles. The van der Waals surface area contributed by atoms with Crippen LogP contribution in [0.3, 0.4) is 0 Å². The fourth-order valence-corrected chi connectivity index (χ4v) is 12.2. The van der Waals surface area contributed by atoms with Crippen molar-refractivity contribution in [3.8, 4) is 0 Å². The zero-order valence-electron chi connectivity index (χ0n) is 25.2. The quantitative estimate of drug-likeness (QED) is 0.380. The molecule has 226 valence electrons. The minimum absolute atomic E-state index is 0.0766. The van der Waals surface area contributed by atoms with Crippen LogP contribution in [0.4, 0.5) is 0 Å². The van der Waals surface area contributed by atoms with Crippen molar-refractivity contribution >= 4 is 5.91 Å². The van der Waals surface area contributed by atoms with E-state index in [1.54, 1.807) is 0 Å². The van der Waals surface area contributed by atoms with Crippen molar-refractivity contribution in [1.82, 2.24) is 5.32 Å². The number of amides is 1. The number of fused-ring (bicyclic) bond motifs is 4. The summed E-state index contributed by atoms with van der Waals surface area (Å²) in [6, 6.07) is 9.66. The van der Waals surface area contributed by atoms with Crippen molar-refractivity contribution < 1.29 is 24.9 Å². The third-order valence-electron chi connectivity index (χ3n) is 14.2. The number of nitrogens with one attached hydrogen (secondary N) is 1. The van der Waals surface area contributed by atoms with Crippen LogP contribution in [-0.2, 0) is 16.1 Å². The van der Waals surface area contributed by atoms with E-state index in [9.17, 15) is 20.1 Å². The van der Waals surface area contributed by atoms with Crippen LogP contribution >= 0.6 is 0 Å². The first-order valence-electron chi connectivity index (χ1n) is 16.1. The predicted octanol–water partition coefficient (Wildman–Crippen LogP) is 3.53. The third kappa shape index (κ3) is 3.47. The van der Waals surface area contributed by atoms with Crippen LogP contribution in [0, 0.1) is 45.3 Å². The average molecular weight is 567 g/mol. The maximum absolute atomic E-state index is 13.0. The smallest absolute Gasteiger partial charge is 0.251 e. The second-order valence-corrected chi connectivity index (χ2v) is 15.9. The number of carbonyl (C=O) groups is 1. The molecule has 0 radical (unpaired) electrons. The van der Waals surface area contributed by atoms with Crippen molar-refractivity contribution in [2.45, 2.75) is 122 Å². The van der Waals surface area contributed by atoms with E-state index in [0.717, 1.165) is 44.1 Å². The van der Waals surface area contributed by atoms with Gasteiger partial charge >= 0.3 is 0 Å². The van der Waals surface area contributed by atoms with Gasteiger partial charge in [0.1, 0.15) is 0 Å². The van der Waals surface area contributed by atoms with Crippen molar-refractivity contribution in [1.29, 1.82) is 0 Å². The van der Waals surface area contributed by atoms with Gasteiger partial charge in [-0.3, -0.25) is 4.79 Å². The summed E-state index contributed by atoms with van der Waals surface area (Å²) in [5.41, 5.74) is 7.79. The SMILES string of the molecule is CC1CC(C(O)C(=O)NCc2ccccc2)OC2C1C1(C)CCC34CC35CCC(O)C(C)(C)C5CCC4C1(N)C2O. The summed E-state index contributed by atoms with van der Waals surface area (Å²) < 4.78 is 6.55. The van der Waals surface area contributed by atoms with Gasteiger partial charge in [0.15, 0.2) is 6.10 Å². The van der Waals surface area contributed by atoms with Crippen molar-refractivity contribution in [2.75, 3.05) is 0 Å². The molecule has 5 saturated carbocycles. The van der Waals surface area contributed by atoms with Crippen LogP contribution in [0.5, 0.6) is 0 Å². The zero-order valence-corrected chi connectivity index (χ0v) is 25.2. The molecule has 13 atom stereocenters. The normalized spacial score (nSPS) is 51.7. The molecular weight excluding hydrogens is 516 g/mol. The molecule has 7 nitrogen and oxygen atoms in total. The Labute approximate surface area is 244 Å². The van der Waals surface area contributed by atoms with Crippen LogP contribution in [0.2, 0.25) is 0 Å². The molecule has 7 rings (SSSR count). The average Bonchev–Trinajstić information content (AvgIpc) is 3.59. The van der Waals surface area contributed by atoms with E-state index in [2.05, 4.69) is 33.0 Å². The lowest BCUT2D eigenvalue weighted by Crippen LogP contribution is -2.70. The summed E-state index contributed by atoms with van der Waals surface area (Å²) >= 11 is 0. The summed E-state index contributed by atoms with van der Waals surface area (Å²) in [6.07, 6.45) is 4.19. The first-order valence-corrected chi connectivity index (χ1v) is 16.1. The van der Waals surface area contributed by atoms with E-state index < -0.39 is 35.9 Å². The number of benzene rings is 1. The third-order valence-corrected chi connectivity index (χ3v) is 14.2. The molecule has 0 aromatic heterocycles. The molecule has 6 N–H and O–H groups in total. The molecule has 1 amide bonds. The first kappa shape index (κ1) is 28.3. The molecular formula is C34H50N2O5. The molecule has 6 fully saturated rings. The Hall–Kier alpha value is -1.51. The van der Waals surface area contributed by atoms with Crippen LogP contribution in [-0.4, -0.2) is 57.3 Å². The number of rotatable bonds is 4. The van der Waals surface area contributed by atoms with Gasteiger partial charge in [0.05, 0.1) is 30.0 Å². The maximum Gasteiger partial charge on any atom is 0.251 e. The van der Waals surface area contributed by atoms with Crippen molar-refractivity contribution in [3.05, 3.63) is 35.9 Å². The number of ether oxygens (including phenoxy) is 1. The molecule has 5 aliphatic carbocycles. The van der Waals surface area contributed by atoms with E-state index >= 15 is 0 Å². The Bertz CT molecular complexity index is 1210. The van der Waals surface area contributed by atoms with Crippen molar-refractivity contribution in [3.63, 3.8) is 0 Å². The van der Waals surface area contributed by atoms with Gasteiger partial charge in [-0.1, -0.05) is 58.0 Å². The highest BCUT2D eigenvalue weighted by Gasteiger charge is 2.85. The van der Waals surface area contributed by atoms with Gasteiger partial charge in [-0.15, -0.1) is 0 Å². The minimum atomic E-state index is -1.30. The number of aliphatic hydroxyl groups excluding tert-OH is 3. The molecule has 0 bridgehead atoms. The number of hydrogen-bond acceptors (Lipinski definition) is 6. The Morgan fingerprint density at radius 2 is 1.73 bits per heavy atom. The van der Waals surface area contributed by atoms with E-state index in [4.69, 9.17) is 10.5 Å². The van der Waals surface area contributed by atoms with Crippen LogP contribution in [0.25, 0.3) is 0 Å². The molecule has 2 spiro atoms. The maximum atomic E-state index is 13.0. The topological polar surface area (TPSA) is 125 Å². The number of hydrogen-bond donors (Lipinski definition) is 5. The van der Waals surface area contributed by atoms with Gasteiger partial charge in [-0.25, -0.2) is 0 Å². The molecule has 1 aromatic rings. The van der Waals surface area contributed by atoms with E-state index in [1.165, 1.54) is 6.42 Å². The van der Waals surface area contributed by atoms with Gasteiger partial charge in [0.2, 0.25) is 0 Å². The second-order valence-electron chi connectivity index (χ2n) is 15.9. The Morgan fingerprint density at radius 3 is 2.46 bits per heavy atom. The summed E-state index contributed by atoms with van der Waals surface area (Å²) in [5.74, 6) is 0.496. The van der Waals surface area contributed by atoms with E-state index in [0.29, 0.717) is 18.9 Å². The molecule has 7 heteroatoms. The zero-order chi connectivity index (χ0) is 29.2. The van der Waals surface area contributed by atoms with Gasteiger partial charge in [-0.2, -0.15) is 0 Å². The highest BCUT2D eigenvalue weighted by Crippen LogP contribution is 2.87. The lowest BCUT2D eigenvalue weighted by molar-refractivity contribution is -0.178. The summed E-state index contributed by atoms with van der Waals surface area (Å²) in [4.78, 5) is 13.0. The van der Waals surface area contributed by atoms with Crippen LogP contribution in [0.15, 0.2) is 30.3 Å². The Morgan fingerprint density at radius 1 is 1.05 bits per heavy atom. The monoisotopic (exact) mass is 566 g/mol. The largest absolute Gasteiger partial charge is 0.393 e. The number of aliphatic hydroxyl groups is 3. The first-order chi connectivity index (χ1) is 19.3. The van der Waals surface area contributed by atoms with Gasteiger partial charge < -0.3 is 31.1 Å². The van der Waals surface area contributed by atoms with Gasteiger partial charge in [0.25, 0.3) is 5.91 Å². The number of nitrogens with two attached hydrogens (primary N) is 1.